The van der Waals surface area contributed by atoms with Crippen molar-refractivity contribution in [1.29, 1.82) is 5.26 Å². The SMILES string of the molecule is C/C(=C\Cl)CN(C)c1ccccc1C#N. The van der Waals surface area contributed by atoms with Crippen LogP contribution in [0.15, 0.2) is 35.4 Å². The van der Waals surface area contributed by atoms with Gasteiger partial charge in [-0.25, -0.2) is 0 Å². The molecule has 1 rings (SSSR count). The van der Waals surface area contributed by atoms with Crippen LogP contribution in [0.2, 0.25) is 0 Å². The predicted octanol–water partition coefficient (Wildman–Crippen LogP) is 3.14. The van der Waals surface area contributed by atoms with E-state index in [1.807, 2.05) is 43.1 Å². The van der Waals surface area contributed by atoms with Crippen molar-refractivity contribution in [1.82, 2.24) is 0 Å². The Bertz CT molecular complexity index is 404. The molecule has 0 atom stereocenters. The lowest BCUT2D eigenvalue weighted by molar-refractivity contribution is 0.981. The van der Waals surface area contributed by atoms with E-state index in [1.54, 1.807) is 5.54 Å². The number of likely N-dealkylation sites (N-methyl/N-ethyl adjacent to an activating group) is 1. The molecule has 0 fully saturated rings. The van der Waals surface area contributed by atoms with Gasteiger partial charge >= 0.3 is 0 Å². The summed E-state index contributed by atoms with van der Waals surface area (Å²) in [5, 5.41) is 8.94. The minimum Gasteiger partial charge on any atom is -0.370 e. The molecule has 3 heteroatoms. The lowest BCUT2D eigenvalue weighted by Crippen LogP contribution is -2.20. The van der Waals surface area contributed by atoms with E-state index in [-0.39, 0.29) is 0 Å². The summed E-state index contributed by atoms with van der Waals surface area (Å²) in [6.07, 6.45) is 0. The van der Waals surface area contributed by atoms with Crippen molar-refractivity contribution in [2.45, 2.75) is 6.92 Å². The van der Waals surface area contributed by atoms with E-state index in [2.05, 4.69) is 6.07 Å². The third-order valence-electron chi connectivity index (χ3n) is 2.11. The zero-order valence-electron chi connectivity index (χ0n) is 8.87. The molecule has 0 saturated carbocycles. The van der Waals surface area contributed by atoms with E-state index in [4.69, 9.17) is 16.9 Å². The summed E-state index contributed by atoms with van der Waals surface area (Å²) in [7, 11) is 1.94. The first-order valence-corrected chi connectivity index (χ1v) is 5.08. The molecule has 0 heterocycles. The van der Waals surface area contributed by atoms with E-state index in [1.165, 1.54) is 0 Å². The zero-order valence-corrected chi connectivity index (χ0v) is 9.62. The summed E-state index contributed by atoms with van der Waals surface area (Å²) in [5.74, 6) is 0. The summed E-state index contributed by atoms with van der Waals surface area (Å²) in [6.45, 7) is 2.68. The monoisotopic (exact) mass is 220 g/mol. The predicted molar refractivity (Wildman–Crippen MR) is 64.0 cm³/mol. The Morgan fingerprint density at radius 1 is 1.53 bits per heavy atom. The molecular formula is C12H13ClN2. The first-order valence-electron chi connectivity index (χ1n) is 4.65. The van der Waals surface area contributed by atoms with Gasteiger partial charge in [-0.1, -0.05) is 23.7 Å². The van der Waals surface area contributed by atoms with E-state index >= 15 is 0 Å². The molecule has 0 saturated heterocycles. The fraction of sp³-hybridized carbons (Fsp3) is 0.250. The molecule has 0 aliphatic rings. The number of halogens is 1. The second kappa shape index (κ2) is 5.43. The van der Waals surface area contributed by atoms with Gasteiger partial charge in [0.15, 0.2) is 0 Å². The number of nitriles is 1. The zero-order chi connectivity index (χ0) is 11.3. The molecule has 0 radical (unpaired) electrons. The number of para-hydroxylation sites is 1. The standard InChI is InChI=1S/C12H13ClN2/c1-10(7-13)9-15(2)12-6-4-3-5-11(12)8-14/h3-7H,9H2,1-2H3/b10-7+. The van der Waals surface area contributed by atoms with Crippen molar-refractivity contribution in [2.24, 2.45) is 0 Å². The van der Waals surface area contributed by atoms with E-state index in [0.29, 0.717) is 5.56 Å². The normalized spacial score (nSPS) is 10.9. The molecular weight excluding hydrogens is 208 g/mol. The van der Waals surface area contributed by atoms with Crippen molar-refractivity contribution in [3.63, 3.8) is 0 Å². The van der Waals surface area contributed by atoms with Crippen molar-refractivity contribution in [2.75, 3.05) is 18.5 Å². The first-order chi connectivity index (χ1) is 7.19. The second-order valence-corrected chi connectivity index (χ2v) is 3.66. The van der Waals surface area contributed by atoms with Crippen LogP contribution >= 0.6 is 11.6 Å². The molecule has 1 aromatic rings. The Labute approximate surface area is 95.4 Å². The molecule has 0 aliphatic heterocycles. The van der Waals surface area contributed by atoms with E-state index in [0.717, 1.165) is 17.8 Å². The van der Waals surface area contributed by atoms with Crippen LogP contribution in [0.1, 0.15) is 12.5 Å². The number of hydrogen-bond donors (Lipinski definition) is 0. The molecule has 0 bridgehead atoms. The molecule has 78 valence electrons. The van der Waals surface area contributed by atoms with Crippen LogP contribution in [0.25, 0.3) is 0 Å². The second-order valence-electron chi connectivity index (χ2n) is 3.44. The Balaban J connectivity index is 2.92. The fourth-order valence-electron chi connectivity index (χ4n) is 1.39. The van der Waals surface area contributed by atoms with Gasteiger partial charge in [0.2, 0.25) is 0 Å². The van der Waals surface area contributed by atoms with Crippen molar-refractivity contribution >= 4 is 17.3 Å². The van der Waals surface area contributed by atoms with Crippen LogP contribution in [0.4, 0.5) is 5.69 Å². The third kappa shape index (κ3) is 3.00. The Morgan fingerprint density at radius 3 is 2.80 bits per heavy atom. The van der Waals surface area contributed by atoms with Gasteiger partial charge in [0.1, 0.15) is 6.07 Å². The molecule has 15 heavy (non-hydrogen) atoms. The Morgan fingerprint density at radius 2 is 2.20 bits per heavy atom. The maximum absolute atomic E-state index is 8.94. The number of rotatable bonds is 3. The summed E-state index contributed by atoms with van der Waals surface area (Å²) in [5.41, 5.74) is 4.23. The van der Waals surface area contributed by atoms with Crippen LogP contribution in [0.5, 0.6) is 0 Å². The van der Waals surface area contributed by atoms with Gasteiger partial charge in [0.05, 0.1) is 11.3 Å². The third-order valence-corrected chi connectivity index (χ3v) is 2.48. The molecule has 0 amide bonds. The highest BCUT2D eigenvalue weighted by atomic mass is 35.5. The van der Waals surface area contributed by atoms with E-state index < -0.39 is 0 Å². The van der Waals surface area contributed by atoms with Crippen LogP contribution < -0.4 is 4.90 Å². The fourth-order valence-corrected chi connectivity index (χ4v) is 1.46. The summed E-state index contributed by atoms with van der Waals surface area (Å²) in [4.78, 5) is 2.01. The highest BCUT2D eigenvalue weighted by Crippen LogP contribution is 2.18. The molecule has 0 unspecified atom stereocenters. The maximum atomic E-state index is 8.94. The number of hydrogen-bond acceptors (Lipinski definition) is 2. The Hall–Kier alpha value is -1.46. The van der Waals surface area contributed by atoms with Gasteiger partial charge in [0.25, 0.3) is 0 Å². The first kappa shape index (κ1) is 11.6. The molecule has 0 aliphatic carbocycles. The van der Waals surface area contributed by atoms with Gasteiger partial charge in [0, 0.05) is 19.1 Å². The largest absolute Gasteiger partial charge is 0.370 e. The summed E-state index contributed by atoms with van der Waals surface area (Å²) in [6, 6.07) is 9.70. The highest BCUT2D eigenvalue weighted by Gasteiger charge is 2.06. The van der Waals surface area contributed by atoms with Gasteiger partial charge in [-0.2, -0.15) is 5.26 Å². The molecule has 0 spiro atoms. The van der Waals surface area contributed by atoms with Crippen molar-refractivity contribution < 1.29 is 0 Å². The molecule has 1 aromatic carbocycles. The Kier molecular flexibility index (Phi) is 4.20. The molecule has 0 N–H and O–H groups in total. The summed E-state index contributed by atoms with van der Waals surface area (Å²) >= 11 is 5.60. The smallest absolute Gasteiger partial charge is 0.101 e. The molecule has 2 nitrogen and oxygen atoms in total. The van der Waals surface area contributed by atoms with E-state index in [9.17, 15) is 0 Å². The number of anilines is 1. The minimum atomic E-state index is 0.683. The van der Waals surface area contributed by atoms with Crippen LogP contribution in [-0.4, -0.2) is 13.6 Å². The van der Waals surface area contributed by atoms with Gasteiger partial charge in [-0.05, 0) is 24.6 Å². The van der Waals surface area contributed by atoms with Gasteiger partial charge in [-0.3, -0.25) is 0 Å². The van der Waals surface area contributed by atoms with Crippen LogP contribution in [-0.2, 0) is 0 Å². The molecule has 0 aromatic heterocycles. The lowest BCUT2D eigenvalue weighted by Gasteiger charge is -2.20. The van der Waals surface area contributed by atoms with Crippen molar-refractivity contribution in [3.05, 3.63) is 40.9 Å². The maximum Gasteiger partial charge on any atom is 0.101 e. The van der Waals surface area contributed by atoms with Crippen LogP contribution in [0, 0.1) is 11.3 Å². The van der Waals surface area contributed by atoms with Gasteiger partial charge < -0.3 is 4.90 Å². The minimum absolute atomic E-state index is 0.683. The quantitative estimate of drug-likeness (QED) is 0.783. The average molecular weight is 221 g/mol. The van der Waals surface area contributed by atoms with Crippen LogP contribution in [0.3, 0.4) is 0 Å². The number of nitrogens with zero attached hydrogens (tertiary/aromatic N) is 2. The lowest BCUT2D eigenvalue weighted by atomic mass is 10.1. The van der Waals surface area contributed by atoms with Gasteiger partial charge in [-0.15, -0.1) is 0 Å². The highest BCUT2D eigenvalue weighted by molar-refractivity contribution is 6.25. The summed E-state index contributed by atoms with van der Waals surface area (Å²) < 4.78 is 0. The topological polar surface area (TPSA) is 27.0 Å². The average Bonchev–Trinajstić information content (AvgIpc) is 2.28. The van der Waals surface area contributed by atoms with Crippen molar-refractivity contribution in [3.8, 4) is 6.07 Å². The number of benzene rings is 1.